The van der Waals surface area contributed by atoms with Crippen molar-refractivity contribution >= 4 is 34.7 Å². The van der Waals surface area contributed by atoms with Crippen LogP contribution in [0.15, 0.2) is 24.3 Å². The Morgan fingerprint density at radius 2 is 1.96 bits per heavy atom. The molecule has 0 aliphatic rings. The van der Waals surface area contributed by atoms with Crippen molar-refractivity contribution in [3.8, 4) is 0 Å². The van der Waals surface area contributed by atoms with Gasteiger partial charge in [0.1, 0.15) is 10.7 Å². The fourth-order valence-corrected chi connectivity index (χ4v) is 3.28. The third-order valence-electron chi connectivity index (χ3n) is 3.53. The number of thiophene rings is 1. The molecule has 0 radical (unpaired) electrons. The van der Waals surface area contributed by atoms with Gasteiger partial charge in [0.15, 0.2) is 6.61 Å². The van der Waals surface area contributed by atoms with Crippen LogP contribution in [0.25, 0.3) is 0 Å². The fraction of sp³-hybridized carbons (Fsp3) is 0.278. The highest BCUT2D eigenvalue weighted by Crippen LogP contribution is 2.23. The number of carbonyl (C=O) groups is 3. The molecule has 25 heavy (non-hydrogen) atoms. The van der Waals surface area contributed by atoms with Gasteiger partial charge in [-0.25, -0.2) is 9.18 Å². The number of carbonyl (C=O) groups excluding carboxylic acids is 3. The molecule has 0 aliphatic carbocycles. The Hall–Kier alpha value is -2.54. The van der Waals surface area contributed by atoms with E-state index < -0.39 is 24.2 Å². The maximum absolute atomic E-state index is 14.0. The number of halogens is 1. The van der Waals surface area contributed by atoms with E-state index in [1.54, 1.807) is 6.07 Å². The Balaban J connectivity index is 2.02. The van der Waals surface area contributed by atoms with Gasteiger partial charge < -0.3 is 10.1 Å². The molecular formula is C18H18FNO4S. The Labute approximate surface area is 148 Å². The van der Waals surface area contributed by atoms with Crippen molar-refractivity contribution in [2.75, 3.05) is 11.9 Å². The highest BCUT2D eigenvalue weighted by molar-refractivity contribution is 7.14. The highest BCUT2D eigenvalue weighted by atomic mass is 32.1. The lowest BCUT2D eigenvalue weighted by atomic mass is 10.1. The summed E-state index contributed by atoms with van der Waals surface area (Å²) in [7, 11) is 0. The fourth-order valence-electron chi connectivity index (χ4n) is 2.27. The number of benzene rings is 1. The number of hydrogen-bond acceptors (Lipinski definition) is 5. The summed E-state index contributed by atoms with van der Waals surface area (Å²) in [5.41, 5.74) is 1.11. The first-order valence-corrected chi connectivity index (χ1v) is 8.50. The van der Waals surface area contributed by atoms with Gasteiger partial charge in [0.25, 0.3) is 0 Å². The van der Waals surface area contributed by atoms with Crippen molar-refractivity contribution in [1.29, 1.82) is 0 Å². The van der Waals surface area contributed by atoms with Crippen molar-refractivity contribution in [3.63, 3.8) is 0 Å². The molecule has 5 nitrogen and oxygen atoms in total. The lowest BCUT2D eigenvalue weighted by Crippen LogP contribution is -2.15. The van der Waals surface area contributed by atoms with E-state index in [9.17, 15) is 18.8 Å². The zero-order chi connectivity index (χ0) is 18.6. The molecule has 2 rings (SSSR count). The second kappa shape index (κ2) is 8.02. The smallest absolute Gasteiger partial charge is 0.348 e. The molecule has 0 spiro atoms. The summed E-state index contributed by atoms with van der Waals surface area (Å²) >= 11 is 1.31. The number of Topliss-reactive ketones (excluding diaryl/α,β-unsaturated/α-hetero) is 1. The number of aryl methyl sites for hydroxylation is 2. The topological polar surface area (TPSA) is 72.5 Å². The van der Waals surface area contributed by atoms with Crippen molar-refractivity contribution in [1.82, 2.24) is 0 Å². The van der Waals surface area contributed by atoms with E-state index in [1.807, 2.05) is 13.8 Å². The summed E-state index contributed by atoms with van der Waals surface area (Å²) in [5.74, 6) is -2.38. The Morgan fingerprint density at radius 3 is 2.52 bits per heavy atom. The molecule has 0 saturated carbocycles. The first-order chi connectivity index (χ1) is 11.8. The van der Waals surface area contributed by atoms with Crippen LogP contribution in [0.3, 0.4) is 0 Å². The molecule has 0 atom stereocenters. The summed E-state index contributed by atoms with van der Waals surface area (Å²) in [4.78, 5) is 36.5. The van der Waals surface area contributed by atoms with E-state index in [4.69, 9.17) is 4.74 Å². The van der Waals surface area contributed by atoms with Crippen LogP contribution in [0.4, 0.5) is 10.1 Å². The number of esters is 1. The number of nitrogens with one attached hydrogen (secondary N) is 1. The van der Waals surface area contributed by atoms with Crippen molar-refractivity contribution < 1.29 is 23.5 Å². The minimum Gasteiger partial charge on any atom is -0.453 e. The molecule has 1 aromatic heterocycles. The Bertz CT molecular complexity index is 828. The van der Waals surface area contributed by atoms with E-state index in [2.05, 4.69) is 5.32 Å². The van der Waals surface area contributed by atoms with Crippen LogP contribution < -0.4 is 5.32 Å². The number of amides is 1. The average Bonchev–Trinajstić information content (AvgIpc) is 2.93. The molecule has 1 heterocycles. The standard InChI is InChI=1S/C18H18FNO4S/c1-4-12-7-17(25-10(12)2)18(23)24-9-16(22)14-6-5-13(8-15(14)19)20-11(3)21/h5-8H,4,9H2,1-3H3,(H,20,21). The quantitative estimate of drug-likeness (QED) is 0.627. The second-order valence-corrected chi connectivity index (χ2v) is 6.68. The summed E-state index contributed by atoms with van der Waals surface area (Å²) < 4.78 is 19.0. The molecule has 1 N–H and O–H groups in total. The summed E-state index contributed by atoms with van der Waals surface area (Å²) in [6, 6.07) is 5.46. The summed E-state index contributed by atoms with van der Waals surface area (Å²) in [6.45, 7) is 4.65. The monoisotopic (exact) mass is 363 g/mol. The maximum Gasteiger partial charge on any atom is 0.348 e. The van der Waals surface area contributed by atoms with E-state index in [-0.39, 0.29) is 17.2 Å². The van der Waals surface area contributed by atoms with Crippen LogP contribution in [0, 0.1) is 12.7 Å². The largest absolute Gasteiger partial charge is 0.453 e. The van der Waals surface area contributed by atoms with Crippen LogP contribution in [-0.4, -0.2) is 24.3 Å². The third-order valence-corrected chi connectivity index (χ3v) is 4.60. The van der Waals surface area contributed by atoms with E-state index >= 15 is 0 Å². The molecule has 0 unspecified atom stereocenters. The average molecular weight is 363 g/mol. The van der Waals surface area contributed by atoms with Crippen molar-refractivity contribution in [3.05, 3.63) is 51.0 Å². The predicted octanol–water partition coefficient (Wildman–Crippen LogP) is 3.76. The van der Waals surface area contributed by atoms with Gasteiger partial charge >= 0.3 is 5.97 Å². The molecule has 0 aliphatic heterocycles. The highest BCUT2D eigenvalue weighted by Gasteiger charge is 2.17. The first-order valence-electron chi connectivity index (χ1n) is 7.68. The number of ether oxygens (including phenoxy) is 1. The number of anilines is 1. The van der Waals surface area contributed by atoms with Gasteiger partial charge in [-0.2, -0.15) is 0 Å². The first kappa shape index (κ1) is 18.8. The van der Waals surface area contributed by atoms with Gasteiger partial charge in [0.05, 0.1) is 5.56 Å². The molecule has 2 aromatic rings. The summed E-state index contributed by atoms with van der Waals surface area (Å²) in [6.07, 6.45) is 0.806. The third kappa shape index (κ3) is 4.73. The van der Waals surface area contributed by atoms with Gasteiger partial charge in [0, 0.05) is 17.5 Å². The lowest BCUT2D eigenvalue weighted by Gasteiger charge is -2.06. The maximum atomic E-state index is 14.0. The summed E-state index contributed by atoms with van der Waals surface area (Å²) in [5, 5.41) is 2.42. The van der Waals surface area contributed by atoms with Gasteiger partial charge in [-0.3, -0.25) is 9.59 Å². The van der Waals surface area contributed by atoms with Crippen LogP contribution in [0.2, 0.25) is 0 Å². The zero-order valence-electron chi connectivity index (χ0n) is 14.1. The molecule has 7 heteroatoms. The van der Waals surface area contributed by atoms with Gasteiger partial charge in [-0.15, -0.1) is 11.3 Å². The minimum atomic E-state index is -0.785. The van der Waals surface area contributed by atoms with E-state index in [0.717, 1.165) is 22.9 Å². The second-order valence-electron chi connectivity index (χ2n) is 5.42. The van der Waals surface area contributed by atoms with Crippen LogP contribution in [0.1, 0.15) is 44.3 Å². The molecule has 0 bridgehead atoms. The van der Waals surface area contributed by atoms with Crippen LogP contribution >= 0.6 is 11.3 Å². The van der Waals surface area contributed by atoms with E-state index in [0.29, 0.717) is 4.88 Å². The van der Waals surface area contributed by atoms with Crippen LogP contribution in [0.5, 0.6) is 0 Å². The normalized spacial score (nSPS) is 10.4. The minimum absolute atomic E-state index is 0.196. The van der Waals surface area contributed by atoms with Crippen molar-refractivity contribution in [2.24, 2.45) is 0 Å². The zero-order valence-corrected chi connectivity index (χ0v) is 15.0. The SMILES string of the molecule is CCc1cc(C(=O)OCC(=O)c2ccc(NC(C)=O)cc2F)sc1C. The molecular weight excluding hydrogens is 345 g/mol. The van der Waals surface area contributed by atoms with Crippen LogP contribution in [-0.2, 0) is 16.0 Å². The number of rotatable bonds is 6. The molecule has 1 amide bonds. The van der Waals surface area contributed by atoms with Gasteiger partial charge in [-0.05, 0) is 43.2 Å². The Kier molecular flexibility index (Phi) is 6.03. The lowest BCUT2D eigenvalue weighted by molar-refractivity contribution is -0.114. The van der Waals surface area contributed by atoms with Gasteiger partial charge in [-0.1, -0.05) is 6.92 Å². The number of ketones is 1. The predicted molar refractivity (Wildman–Crippen MR) is 93.8 cm³/mol. The molecule has 0 fully saturated rings. The Morgan fingerprint density at radius 1 is 1.24 bits per heavy atom. The van der Waals surface area contributed by atoms with Crippen molar-refractivity contribution in [2.45, 2.75) is 27.2 Å². The molecule has 1 aromatic carbocycles. The molecule has 0 saturated heterocycles. The van der Waals surface area contributed by atoms with E-state index in [1.165, 1.54) is 30.4 Å². The molecule has 132 valence electrons. The van der Waals surface area contributed by atoms with Gasteiger partial charge in [0.2, 0.25) is 11.7 Å². The number of hydrogen-bond donors (Lipinski definition) is 1.